The van der Waals surface area contributed by atoms with Gasteiger partial charge in [-0.3, -0.25) is 14.4 Å². The van der Waals surface area contributed by atoms with Gasteiger partial charge in [0.1, 0.15) is 0 Å². The summed E-state index contributed by atoms with van der Waals surface area (Å²) in [6.07, 6.45) is 6.30. The van der Waals surface area contributed by atoms with E-state index in [0.29, 0.717) is 26.5 Å². The summed E-state index contributed by atoms with van der Waals surface area (Å²) < 4.78 is 11.9. The Bertz CT molecular complexity index is 1230. The second-order valence-electron chi connectivity index (χ2n) is 8.60. The van der Waals surface area contributed by atoms with Crippen LogP contribution < -0.4 is 14.8 Å². The molecular formula is C25H21BrClN3O5. The zero-order valence-electron chi connectivity index (χ0n) is 18.6. The standard InChI is InChI=1S/C25H21BrClN3O5/c1-34-19-10-16(26)9-15(23(19)35-12-20(31)29-18-6-4-17(27)5-7-18)11-28-30-24(32)21-13-2-3-14(8-13)22(21)25(30)33/h2-7,9-11,13-14,21-22H,8,12H2,1H3,(H,29,31)/t13-,14-,21-,22+/m0/s1. The van der Waals surface area contributed by atoms with Crippen molar-refractivity contribution in [1.29, 1.82) is 0 Å². The van der Waals surface area contributed by atoms with Crippen molar-refractivity contribution in [2.45, 2.75) is 6.42 Å². The number of halogens is 2. The highest BCUT2D eigenvalue weighted by atomic mass is 79.9. The van der Waals surface area contributed by atoms with Crippen molar-refractivity contribution in [3.8, 4) is 11.5 Å². The van der Waals surface area contributed by atoms with Crippen LogP contribution in [0.25, 0.3) is 0 Å². The van der Waals surface area contributed by atoms with Gasteiger partial charge in [0.05, 0.1) is 25.2 Å². The Morgan fingerprint density at radius 1 is 1.17 bits per heavy atom. The fraction of sp³-hybridized carbons (Fsp3) is 0.280. The van der Waals surface area contributed by atoms with E-state index in [9.17, 15) is 14.4 Å². The van der Waals surface area contributed by atoms with E-state index in [1.54, 1.807) is 36.4 Å². The summed E-state index contributed by atoms with van der Waals surface area (Å²) in [5, 5.41) is 8.47. The van der Waals surface area contributed by atoms with Gasteiger partial charge < -0.3 is 14.8 Å². The lowest BCUT2D eigenvalue weighted by molar-refractivity contribution is -0.140. The molecule has 0 aromatic heterocycles. The number of hydrazone groups is 1. The zero-order chi connectivity index (χ0) is 24.7. The second-order valence-corrected chi connectivity index (χ2v) is 9.95. The van der Waals surface area contributed by atoms with E-state index in [1.807, 2.05) is 12.2 Å². The molecule has 2 aromatic carbocycles. The van der Waals surface area contributed by atoms with Gasteiger partial charge in [0.15, 0.2) is 18.1 Å². The van der Waals surface area contributed by atoms with Gasteiger partial charge in [-0.05, 0) is 54.7 Å². The molecule has 2 fully saturated rings. The van der Waals surface area contributed by atoms with Gasteiger partial charge in [-0.15, -0.1) is 0 Å². The van der Waals surface area contributed by atoms with Crippen molar-refractivity contribution in [2.75, 3.05) is 19.0 Å². The first-order chi connectivity index (χ1) is 16.9. The molecule has 2 aliphatic carbocycles. The first-order valence-electron chi connectivity index (χ1n) is 11.0. The van der Waals surface area contributed by atoms with Gasteiger partial charge in [-0.1, -0.05) is 39.7 Å². The minimum Gasteiger partial charge on any atom is -0.493 e. The smallest absolute Gasteiger partial charge is 0.262 e. The minimum absolute atomic E-state index is 0.102. The van der Waals surface area contributed by atoms with Gasteiger partial charge in [0.25, 0.3) is 17.7 Å². The number of carbonyl (C=O) groups is 3. The molecule has 35 heavy (non-hydrogen) atoms. The number of allylic oxidation sites excluding steroid dienone is 2. The third-order valence-electron chi connectivity index (χ3n) is 6.50. The lowest BCUT2D eigenvalue weighted by Crippen LogP contribution is -2.28. The average Bonchev–Trinajstić information content (AvgIpc) is 3.52. The normalized spacial score (nSPS) is 24.4. The molecule has 1 heterocycles. The van der Waals surface area contributed by atoms with Gasteiger partial charge >= 0.3 is 0 Å². The quantitative estimate of drug-likeness (QED) is 0.311. The zero-order valence-corrected chi connectivity index (χ0v) is 21.0. The molecule has 4 atom stereocenters. The minimum atomic E-state index is -0.388. The molecule has 0 spiro atoms. The van der Waals surface area contributed by atoms with Gasteiger partial charge in [0.2, 0.25) is 0 Å². The predicted octanol–water partition coefficient (Wildman–Crippen LogP) is 4.27. The van der Waals surface area contributed by atoms with Crippen molar-refractivity contribution in [2.24, 2.45) is 28.8 Å². The fourth-order valence-corrected chi connectivity index (χ4v) is 5.56. The van der Waals surface area contributed by atoms with E-state index in [1.165, 1.54) is 13.3 Å². The molecule has 1 saturated heterocycles. The van der Waals surface area contributed by atoms with Crippen LogP contribution in [0.1, 0.15) is 12.0 Å². The number of anilines is 1. The van der Waals surface area contributed by atoms with Crippen LogP contribution in [0.15, 0.2) is 58.1 Å². The Morgan fingerprint density at radius 2 is 1.83 bits per heavy atom. The number of ether oxygens (including phenoxy) is 2. The highest BCUT2D eigenvalue weighted by molar-refractivity contribution is 9.10. The summed E-state index contributed by atoms with van der Waals surface area (Å²) in [7, 11) is 1.47. The number of benzene rings is 2. The number of hydrogen-bond donors (Lipinski definition) is 1. The number of carbonyl (C=O) groups excluding carboxylic acids is 3. The van der Waals surface area contributed by atoms with Crippen LogP contribution in [-0.4, -0.2) is 42.7 Å². The van der Waals surface area contributed by atoms with Crippen LogP contribution in [-0.2, 0) is 14.4 Å². The Kier molecular flexibility index (Phi) is 6.37. The van der Waals surface area contributed by atoms with E-state index in [-0.39, 0.29) is 53.7 Å². The third kappa shape index (κ3) is 4.46. The SMILES string of the molecule is COc1cc(Br)cc(C=NN2C(=O)[C@@H]3[C@H](C2=O)[C@H]2C=C[C@H]3C2)c1OCC(=O)Nc1ccc(Cl)cc1. The Hall–Kier alpha value is -3.17. The molecule has 180 valence electrons. The van der Waals surface area contributed by atoms with Crippen LogP contribution in [0.3, 0.4) is 0 Å². The molecule has 1 aliphatic heterocycles. The summed E-state index contributed by atoms with van der Waals surface area (Å²) in [5.41, 5.74) is 1.02. The number of imide groups is 1. The molecule has 8 nitrogen and oxygen atoms in total. The van der Waals surface area contributed by atoms with Crippen LogP contribution in [0.2, 0.25) is 5.02 Å². The van der Waals surface area contributed by atoms with Gasteiger partial charge in [-0.25, -0.2) is 0 Å². The second kappa shape index (κ2) is 9.47. The van der Waals surface area contributed by atoms with Crippen molar-refractivity contribution in [3.63, 3.8) is 0 Å². The van der Waals surface area contributed by atoms with Gasteiger partial charge in [0, 0.05) is 20.7 Å². The molecule has 2 bridgehead atoms. The summed E-state index contributed by atoms with van der Waals surface area (Å²) in [6.45, 7) is -0.303. The maximum atomic E-state index is 12.9. The molecular weight excluding hydrogens is 538 g/mol. The molecule has 0 radical (unpaired) electrons. The van der Waals surface area contributed by atoms with E-state index in [0.717, 1.165) is 11.4 Å². The first-order valence-corrected chi connectivity index (χ1v) is 12.2. The Morgan fingerprint density at radius 3 is 2.46 bits per heavy atom. The van der Waals surface area contributed by atoms with Crippen LogP contribution >= 0.6 is 27.5 Å². The van der Waals surface area contributed by atoms with Crippen molar-refractivity contribution in [3.05, 3.63) is 63.6 Å². The number of amides is 3. The Labute approximate surface area is 215 Å². The molecule has 5 rings (SSSR count). The summed E-state index contributed by atoms with van der Waals surface area (Å²) in [6, 6.07) is 10.1. The fourth-order valence-electron chi connectivity index (χ4n) is 4.98. The number of nitrogens with zero attached hydrogens (tertiary/aromatic N) is 2. The number of nitrogens with one attached hydrogen (secondary N) is 1. The maximum Gasteiger partial charge on any atom is 0.262 e. The molecule has 1 N–H and O–H groups in total. The number of rotatable bonds is 7. The van der Waals surface area contributed by atoms with Crippen LogP contribution in [0.4, 0.5) is 5.69 Å². The van der Waals surface area contributed by atoms with E-state index < -0.39 is 0 Å². The van der Waals surface area contributed by atoms with Crippen molar-refractivity contribution in [1.82, 2.24) is 5.01 Å². The van der Waals surface area contributed by atoms with Crippen molar-refractivity contribution >= 4 is 57.2 Å². The largest absolute Gasteiger partial charge is 0.493 e. The predicted molar refractivity (Wildman–Crippen MR) is 133 cm³/mol. The lowest BCUT2D eigenvalue weighted by Gasteiger charge is -2.15. The monoisotopic (exact) mass is 557 g/mol. The molecule has 0 unspecified atom stereocenters. The van der Waals surface area contributed by atoms with Crippen LogP contribution in [0.5, 0.6) is 11.5 Å². The summed E-state index contributed by atoms with van der Waals surface area (Å²) in [5.74, 6) is -0.792. The molecule has 3 aliphatic rings. The number of fused-ring (bicyclic) bond motifs is 5. The van der Waals surface area contributed by atoms with Crippen molar-refractivity contribution < 1.29 is 23.9 Å². The van der Waals surface area contributed by atoms with Crippen LogP contribution in [0, 0.1) is 23.7 Å². The van der Waals surface area contributed by atoms with E-state index in [4.69, 9.17) is 21.1 Å². The summed E-state index contributed by atoms with van der Waals surface area (Å²) in [4.78, 5) is 38.3. The molecule has 3 amide bonds. The third-order valence-corrected chi connectivity index (χ3v) is 7.21. The molecule has 1 saturated carbocycles. The highest BCUT2D eigenvalue weighted by Gasteiger charge is 2.59. The summed E-state index contributed by atoms with van der Waals surface area (Å²) >= 11 is 9.29. The number of methoxy groups -OCH3 is 1. The average molecular weight is 559 g/mol. The van der Waals surface area contributed by atoms with Gasteiger partial charge in [-0.2, -0.15) is 10.1 Å². The van der Waals surface area contributed by atoms with E-state index in [2.05, 4.69) is 26.3 Å². The number of hydrogen-bond acceptors (Lipinski definition) is 6. The lowest BCUT2D eigenvalue weighted by atomic mass is 9.85. The first kappa shape index (κ1) is 23.6. The topological polar surface area (TPSA) is 97.3 Å². The molecule has 10 heteroatoms. The van der Waals surface area contributed by atoms with E-state index >= 15 is 0 Å². The maximum absolute atomic E-state index is 12.9. The Balaban J connectivity index is 1.34. The highest BCUT2D eigenvalue weighted by Crippen LogP contribution is 2.52. The molecule has 2 aromatic rings.